The van der Waals surface area contributed by atoms with Gasteiger partial charge in [0.15, 0.2) is 5.65 Å². The van der Waals surface area contributed by atoms with Gasteiger partial charge in [0, 0.05) is 23.1 Å². The Morgan fingerprint density at radius 1 is 1.11 bits per heavy atom. The third kappa shape index (κ3) is 4.95. The summed E-state index contributed by atoms with van der Waals surface area (Å²) in [5, 5.41) is 18.0. The lowest BCUT2D eigenvalue weighted by Crippen LogP contribution is -2.20. The van der Waals surface area contributed by atoms with E-state index < -0.39 is 29.3 Å². The molecule has 182 valence electrons. The van der Waals surface area contributed by atoms with Crippen LogP contribution in [0.5, 0.6) is 0 Å². The normalized spacial score (nSPS) is 11.1. The summed E-state index contributed by atoms with van der Waals surface area (Å²) in [5.41, 5.74) is 0.211. The Hall–Kier alpha value is -4.92. The second-order valence-electron chi connectivity index (χ2n) is 7.37. The number of aromatic nitrogens is 3. The van der Waals surface area contributed by atoms with Crippen LogP contribution in [0.2, 0.25) is 0 Å². The first-order valence-electron chi connectivity index (χ1n) is 10.5. The first-order chi connectivity index (χ1) is 17.2. The summed E-state index contributed by atoms with van der Waals surface area (Å²) in [4.78, 5) is 28.8. The number of benzene rings is 2. The van der Waals surface area contributed by atoms with E-state index in [0.29, 0.717) is 28.7 Å². The van der Waals surface area contributed by atoms with E-state index in [1.165, 1.54) is 29.0 Å². The van der Waals surface area contributed by atoms with Crippen molar-refractivity contribution in [1.82, 2.24) is 14.6 Å². The van der Waals surface area contributed by atoms with Gasteiger partial charge in [0.2, 0.25) is 0 Å². The first-order valence-corrected chi connectivity index (χ1v) is 10.5. The first kappa shape index (κ1) is 24.2. The summed E-state index contributed by atoms with van der Waals surface area (Å²) >= 11 is 0. The number of alkyl halides is 3. The SMILES string of the molecule is CCOC(=O)c1cnn2c(-c3cccc(NC(=O)Nc4ccc(C#N)c(C(F)(F)F)c4)c3)ccnc12. The second-order valence-corrected chi connectivity index (χ2v) is 7.37. The predicted molar refractivity (Wildman–Crippen MR) is 123 cm³/mol. The Bertz CT molecular complexity index is 1510. The van der Waals surface area contributed by atoms with Crippen LogP contribution in [0.4, 0.5) is 29.3 Å². The fourth-order valence-electron chi connectivity index (χ4n) is 3.47. The molecule has 0 spiro atoms. The van der Waals surface area contributed by atoms with E-state index >= 15 is 0 Å². The quantitative estimate of drug-likeness (QED) is 0.372. The number of carbonyl (C=O) groups excluding carboxylic acids is 2. The molecule has 0 saturated carbocycles. The van der Waals surface area contributed by atoms with Gasteiger partial charge in [0.25, 0.3) is 0 Å². The van der Waals surface area contributed by atoms with E-state index in [1.807, 2.05) is 0 Å². The van der Waals surface area contributed by atoms with Crippen LogP contribution >= 0.6 is 0 Å². The van der Waals surface area contributed by atoms with E-state index in [4.69, 9.17) is 10.00 Å². The minimum Gasteiger partial charge on any atom is -0.462 e. The van der Waals surface area contributed by atoms with Crippen molar-refractivity contribution in [3.8, 4) is 17.3 Å². The zero-order valence-corrected chi connectivity index (χ0v) is 18.6. The molecule has 0 aliphatic rings. The standard InChI is InChI=1S/C24H17F3N6O3/c1-2-36-22(34)18-13-30-33-20(8-9-29-21(18)33)14-4-3-5-16(10-14)31-23(35)32-17-7-6-15(12-28)19(11-17)24(25,26)27/h3-11,13H,2H2,1H3,(H2,31,32,35). The molecule has 0 bridgehead atoms. The van der Waals surface area contributed by atoms with Gasteiger partial charge in [0.05, 0.1) is 35.7 Å². The molecule has 0 aliphatic heterocycles. The van der Waals surface area contributed by atoms with Crippen molar-refractivity contribution in [3.05, 3.63) is 77.6 Å². The minimum absolute atomic E-state index is 0.131. The van der Waals surface area contributed by atoms with Crippen LogP contribution in [0.3, 0.4) is 0 Å². The number of nitriles is 1. The lowest BCUT2D eigenvalue weighted by Gasteiger charge is -2.13. The zero-order valence-electron chi connectivity index (χ0n) is 18.6. The van der Waals surface area contributed by atoms with Gasteiger partial charge >= 0.3 is 18.2 Å². The molecule has 0 radical (unpaired) electrons. The topological polar surface area (TPSA) is 121 Å². The molecule has 36 heavy (non-hydrogen) atoms. The van der Waals surface area contributed by atoms with Crippen LogP contribution < -0.4 is 10.6 Å². The lowest BCUT2D eigenvalue weighted by molar-refractivity contribution is -0.137. The number of esters is 1. The Labute approximate surface area is 202 Å². The van der Waals surface area contributed by atoms with Crippen LogP contribution in [0.25, 0.3) is 16.9 Å². The summed E-state index contributed by atoms with van der Waals surface area (Å²) in [6.45, 7) is 1.89. The number of nitrogens with one attached hydrogen (secondary N) is 2. The van der Waals surface area contributed by atoms with Crippen molar-refractivity contribution in [2.45, 2.75) is 13.1 Å². The average Bonchev–Trinajstić information content (AvgIpc) is 3.28. The predicted octanol–water partition coefficient (Wildman–Crippen LogP) is 5.11. The number of ether oxygens (including phenoxy) is 1. The highest BCUT2D eigenvalue weighted by atomic mass is 19.4. The van der Waals surface area contributed by atoms with Crippen LogP contribution in [0.1, 0.15) is 28.4 Å². The number of nitrogens with zero attached hydrogens (tertiary/aromatic N) is 4. The molecule has 2 aromatic carbocycles. The maximum absolute atomic E-state index is 13.2. The largest absolute Gasteiger partial charge is 0.462 e. The molecule has 12 heteroatoms. The molecule has 4 rings (SSSR count). The number of hydrogen-bond acceptors (Lipinski definition) is 6. The van der Waals surface area contributed by atoms with Crippen molar-refractivity contribution in [2.24, 2.45) is 0 Å². The summed E-state index contributed by atoms with van der Waals surface area (Å²) < 4.78 is 46.0. The molecule has 0 atom stereocenters. The van der Waals surface area contributed by atoms with Crippen LogP contribution in [0, 0.1) is 11.3 Å². The molecule has 0 saturated heterocycles. The van der Waals surface area contributed by atoms with Crippen LogP contribution in [0.15, 0.2) is 60.9 Å². The Morgan fingerprint density at radius 3 is 2.56 bits per heavy atom. The number of amides is 2. The third-order valence-corrected chi connectivity index (χ3v) is 5.02. The molecular formula is C24H17F3N6O3. The van der Waals surface area contributed by atoms with E-state index in [0.717, 1.165) is 6.07 Å². The second kappa shape index (κ2) is 9.75. The summed E-state index contributed by atoms with van der Waals surface area (Å²) in [7, 11) is 0. The molecular weight excluding hydrogens is 477 g/mol. The number of hydrogen-bond donors (Lipinski definition) is 2. The monoisotopic (exact) mass is 494 g/mol. The fourth-order valence-corrected chi connectivity index (χ4v) is 3.47. The minimum atomic E-state index is -4.75. The summed E-state index contributed by atoms with van der Waals surface area (Å²) in [6.07, 6.45) is -1.89. The number of halogens is 3. The van der Waals surface area contributed by atoms with E-state index in [2.05, 4.69) is 20.7 Å². The highest BCUT2D eigenvalue weighted by molar-refractivity contribution is 6.00. The Morgan fingerprint density at radius 2 is 1.86 bits per heavy atom. The summed E-state index contributed by atoms with van der Waals surface area (Å²) in [5.74, 6) is -0.555. The molecule has 2 heterocycles. The third-order valence-electron chi connectivity index (χ3n) is 5.02. The fraction of sp³-hybridized carbons (Fsp3) is 0.125. The molecule has 9 nitrogen and oxygen atoms in total. The zero-order chi connectivity index (χ0) is 25.9. The number of urea groups is 1. The van der Waals surface area contributed by atoms with E-state index in [9.17, 15) is 22.8 Å². The molecule has 0 unspecified atom stereocenters. The number of anilines is 2. The smallest absolute Gasteiger partial charge is 0.417 e. The van der Waals surface area contributed by atoms with Crippen molar-refractivity contribution in [1.29, 1.82) is 5.26 Å². The van der Waals surface area contributed by atoms with E-state index in [-0.39, 0.29) is 17.9 Å². The Balaban J connectivity index is 1.57. The van der Waals surface area contributed by atoms with Crippen molar-refractivity contribution in [3.63, 3.8) is 0 Å². The van der Waals surface area contributed by atoms with Gasteiger partial charge in [-0.1, -0.05) is 12.1 Å². The molecule has 2 N–H and O–H groups in total. The van der Waals surface area contributed by atoms with Gasteiger partial charge in [0.1, 0.15) is 5.56 Å². The number of rotatable bonds is 5. The maximum Gasteiger partial charge on any atom is 0.417 e. The van der Waals surface area contributed by atoms with Crippen LogP contribution in [-0.4, -0.2) is 33.2 Å². The van der Waals surface area contributed by atoms with Gasteiger partial charge < -0.3 is 15.4 Å². The summed E-state index contributed by atoms with van der Waals surface area (Å²) in [6, 6.07) is 11.9. The molecule has 2 aromatic heterocycles. The molecule has 2 amide bonds. The Kier molecular flexibility index (Phi) is 6.56. The van der Waals surface area contributed by atoms with Crippen molar-refractivity contribution >= 4 is 29.0 Å². The van der Waals surface area contributed by atoms with Gasteiger partial charge in [-0.25, -0.2) is 19.1 Å². The number of fused-ring (bicyclic) bond motifs is 1. The van der Waals surface area contributed by atoms with E-state index in [1.54, 1.807) is 37.3 Å². The van der Waals surface area contributed by atoms with Gasteiger partial charge in [-0.2, -0.15) is 23.5 Å². The lowest BCUT2D eigenvalue weighted by atomic mass is 10.1. The highest BCUT2D eigenvalue weighted by Gasteiger charge is 2.34. The van der Waals surface area contributed by atoms with Gasteiger partial charge in [-0.05, 0) is 43.3 Å². The van der Waals surface area contributed by atoms with Crippen molar-refractivity contribution in [2.75, 3.05) is 17.2 Å². The van der Waals surface area contributed by atoms with Crippen LogP contribution in [-0.2, 0) is 10.9 Å². The highest BCUT2D eigenvalue weighted by Crippen LogP contribution is 2.33. The van der Waals surface area contributed by atoms with Gasteiger partial charge in [-0.15, -0.1) is 0 Å². The average molecular weight is 494 g/mol. The van der Waals surface area contributed by atoms with Crippen molar-refractivity contribution < 1.29 is 27.5 Å². The van der Waals surface area contributed by atoms with Gasteiger partial charge in [-0.3, -0.25) is 0 Å². The molecule has 4 aromatic rings. The molecule has 0 fully saturated rings. The maximum atomic E-state index is 13.2. The molecule has 0 aliphatic carbocycles. The number of carbonyl (C=O) groups is 2.